The van der Waals surface area contributed by atoms with Gasteiger partial charge in [0.25, 0.3) is 0 Å². The molecule has 0 aromatic heterocycles. The Morgan fingerprint density at radius 3 is 0.897 bits per heavy atom. The predicted octanol–water partition coefficient (Wildman–Crippen LogP) is 18.9. The molecule has 6 nitrogen and oxygen atoms in total. The third kappa shape index (κ3) is 53.3. The lowest BCUT2D eigenvalue weighted by Gasteiger charge is -2.18. The van der Waals surface area contributed by atoms with Gasteiger partial charge in [0.15, 0.2) is 6.10 Å². The van der Waals surface area contributed by atoms with Gasteiger partial charge in [-0.3, -0.25) is 14.4 Å². The van der Waals surface area contributed by atoms with Gasteiger partial charge < -0.3 is 14.2 Å². The van der Waals surface area contributed by atoms with Crippen LogP contribution in [0.5, 0.6) is 0 Å². The van der Waals surface area contributed by atoms with Gasteiger partial charge in [0.05, 0.1) is 0 Å². The van der Waals surface area contributed by atoms with Gasteiger partial charge in [0.2, 0.25) is 0 Å². The van der Waals surface area contributed by atoms with Crippen molar-refractivity contribution in [2.24, 2.45) is 0 Å². The minimum Gasteiger partial charge on any atom is -0.462 e. The van der Waals surface area contributed by atoms with Crippen molar-refractivity contribution in [3.05, 3.63) is 97.2 Å². The molecule has 0 aliphatic heterocycles. The normalized spacial score (nSPS) is 12.8. The van der Waals surface area contributed by atoms with E-state index in [1.807, 2.05) is 0 Å². The Morgan fingerprint density at radius 1 is 0.309 bits per heavy atom. The summed E-state index contributed by atoms with van der Waals surface area (Å²) in [4.78, 5) is 38.0. The standard InChI is InChI=1S/C62H104O6/c1-4-7-10-13-16-19-21-23-25-27-28-29-30-31-32-33-34-36-37-39-41-43-46-49-52-55-61(64)67-58-59(57-66-60(63)54-51-48-45-18-15-12-9-6-3)68-62(65)56-53-50-47-44-42-40-38-35-26-24-22-20-17-14-11-8-5-2/h7-8,10-11,16-17,19-20,23-26,28-29,31-32,59H,4-6,9,12-15,18,21-22,27,30,33-58H2,1-3H3/b10-7-,11-8-,19-16-,20-17-,25-23-,26-24-,29-28-,32-31-. The zero-order chi connectivity index (χ0) is 49.3. The highest BCUT2D eigenvalue weighted by atomic mass is 16.6. The molecule has 6 heteroatoms. The predicted molar refractivity (Wildman–Crippen MR) is 293 cm³/mol. The first-order chi connectivity index (χ1) is 33.5. The van der Waals surface area contributed by atoms with E-state index in [1.54, 1.807) is 0 Å². The fourth-order valence-corrected chi connectivity index (χ4v) is 7.66. The minimum absolute atomic E-state index is 0.0826. The topological polar surface area (TPSA) is 78.9 Å². The van der Waals surface area contributed by atoms with Crippen LogP contribution in [-0.4, -0.2) is 37.2 Å². The van der Waals surface area contributed by atoms with Gasteiger partial charge in [-0.05, 0) is 96.3 Å². The van der Waals surface area contributed by atoms with Gasteiger partial charge in [-0.15, -0.1) is 0 Å². The summed E-state index contributed by atoms with van der Waals surface area (Å²) in [6.07, 6.45) is 74.1. The van der Waals surface area contributed by atoms with Gasteiger partial charge in [0.1, 0.15) is 13.2 Å². The molecule has 0 N–H and O–H groups in total. The molecule has 68 heavy (non-hydrogen) atoms. The van der Waals surface area contributed by atoms with Gasteiger partial charge in [-0.1, -0.05) is 240 Å². The first-order valence-electron chi connectivity index (χ1n) is 28.2. The summed E-state index contributed by atoms with van der Waals surface area (Å²) < 4.78 is 16.8. The van der Waals surface area contributed by atoms with Crippen LogP contribution >= 0.6 is 0 Å². The summed E-state index contributed by atoms with van der Waals surface area (Å²) in [7, 11) is 0. The van der Waals surface area contributed by atoms with Crippen molar-refractivity contribution in [2.45, 2.75) is 264 Å². The fraction of sp³-hybridized carbons (Fsp3) is 0.694. The number of allylic oxidation sites excluding steroid dienone is 16. The summed E-state index contributed by atoms with van der Waals surface area (Å²) in [5.41, 5.74) is 0. The van der Waals surface area contributed by atoms with E-state index in [9.17, 15) is 14.4 Å². The summed E-state index contributed by atoms with van der Waals surface area (Å²) in [5.74, 6) is -0.901. The molecule has 0 fully saturated rings. The summed E-state index contributed by atoms with van der Waals surface area (Å²) >= 11 is 0. The Balaban J connectivity index is 4.25. The SMILES string of the molecule is CC/C=C\C/C=C\C/C=C\C/C=C\C/C=C\CCCCCCCCCCCC(=O)OCC(COC(=O)CCCCCCCCCC)OC(=O)CCCCCCCCC/C=C\C/C=C\C/C=C\CC. The van der Waals surface area contributed by atoms with E-state index in [0.717, 1.165) is 122 Å². The van der Waals surface area contributed by atoms with Crippen molar-refractivity contribution >= 4 is 17.9 Å². The monoisotopic (exact) mass is 945 g/mol. The summed E-state index contributed by atoms with van der Waals surface area (Å²) in [5, 5.41) is 0. The molecule has 0 aliphatic rings. The minimum atomic E-state index is -0.783. The van der Waals surface area contributed by atoms with Crippen molar-refractivity contribution in [3.63, 3.8) is 0 Å². The van der Waals surface area contributed by atoms with E-state index in [4.69, 9.17) is 14.2 Å². The zero-order valence-electron chi connectivity index (χ0n) is 44.3. The van der Waals surface area contributed by atoms with Crippen LogP contribution in [0.3, 0.4) is 0 Å². The lowest BCUT2D eigenvalue weighted by molar-refractivity contribution is -0.167. The number of hydrogen-bond donors (Lipinski definition) is 0. The summed E-state index contributed by atoms with van der Waals surface area (Å²) in [6, 6.07) is 0. The number of rotatable bonds is 50. The smallest absolute Gasteiger partial charge is 0.306 e. The molecule has 388 valence electrons. The second-order valence-corrected chi connectivity index (χ2v) is 18.4. The second kappa shape index (κ2) is 55.9. The Morgan fingerprint density at radius 2 is 0.574 bits per heavy atom. The van der Waals surface area contributed by atoms with E-state index in [-0.39, 0.29) is 31.1 Å². The van der Waals surface area contributed by atoms with E-state index in [0.29, 0.717) is 19.3 Å². The zero-order valence-corrected chi connectivity index (χ0v) is 44.3. The van der Waals surface area contributed by atoms with Crippen molar-refractivity contribution < 1.29 is 28.6 Å². The molecule has 0 aromatic carbocycles. The van der Waals surface area contributed by atoms with Crippen LogP contribution < -0.4 is 0 Å². The average molecular weight is 946 g/mol. The first kappa shape index (κ1) is 64.3. The largest absolute Gasteiger partial charge is 0.462 e. The third-order valence-corrected chi connectivity index (χ3v) is 11.8. The molecule has 0 amide bonds. The van der Waals surface area contributed by atoms with E-state index in [2.05, 4.69) is 118 Å². The number of carbonyl (C=O) groups is 3. The first-order valence-corrected chi connectivity index (χ1v) is 28.2. The van der Waals surface area contributed by atoms with Gasteiger partial charge in [-0.25, -0.2) is 0 Å². The molecule has 0 saturated heterocycles. The van der Waals surface area contributed by atoms with Crippen LogP contribution in [0.2, 0.25) is 0 Å². The molecular formula is C62H104O6. The maximum absolute atomic E-state index is 12.8. The molecule has 1 unspecified atom stereocenters. The molecule has 0 heterocycles. The highest BCUT2D eigenvalue weighted by Gasteiger charge is 2.19. The quantitative estimate of drug-likeness (QED) is 0.0262. The molecule has 0 saturated carbocycles. The molecule has 0 aliphatic carbocycles. The summed E-state index contributed by atoms with van der Waals surface area (Å²) in [6.45, 7) is 6.38. The Kier molecular flexibility index (Phi) is 52.9. The van der Waals surface area contributed by atoms with Crippen LogP contribution in [0, 0.1) is 0 Å². The van der Waals surface area contributed by atoms with Crippen LogP contribution in [0.15, 0.2) is 97.2 Å². The average Bonchev–Trinajstić information content (AvgIpc) is 3.34. The van der Waals surface area contributed by atoms with Crippen molar-refractivity contribution in [1.29, 1.82) is 0 Å². The van der Waals surface area contributed by atoms with Gasteiger partial charge >= 0.3 is 17.9 Å². The number of ether oxygens (including phenoxy) is 3. The molecule has 0 rings (SSSR count). The van der Waals surface area contributed by atoms with Crippen molar-refractivity contribution in [1.82, 2.24) is 0 Å². The van der Waals surface area contributed by atoms with Gasteiger partial charge in [0, 0.05) is 19.3 Å². The Hall–Kier alpha value is -3.67. The van der Waals surface area contributed by atoms with Crippen LogP contribution in [-0.2, 0) is 28.6 Å². The lowest BCUT2D eigenvalue weighted by Crippen LogP contribution is -2.30. The van der Waals surface area contributed by atoms with Crippen LogP contribution in [0.25, 0.3) is 0 Å². The Bertz CT molecular complexity index is 1360. The lowest BCUT2D eigenvalue weighted by atomic mass is 10.1. The highest BCUT2D eigenvalue weighted by molar-refractivity contribution is 5.71. The Labute approximate surface area is 419 Å². The van der Waals surface area contributed by atoms with Crippen LogP contribution in [0.1, 0.15) is 258 Å². The van der Waals surface area contributed by atoms with E-state index >= 15 is 0 Å². The maximum Gasteiger partial charge on any atom is 0.306 e. The number of esters is 3. The number of hydrogen-bond acceptors (Lipinski definition) is 6. The van der Waals surface area contributed by atoms with Gasteiger partial charge in [-0.2, -0.15) is 0 Å². The number of carbonyl (C=O) groups excluding carboxylic acids is 3. The molecule has 1 atom stereocenters. The van der Waals surface area contributed by atoms with Crippen molar-refractivity contribution in [3.8, 4) is 0 Å². The molecular weight excluding hydrogens is 841 g/mol. The number of unbranched alkanes of at least 4 members (excludes halogenated alkanes) is 23. The highest BCUT2D eigenvalue weighted by Crippen LogP contribution is 2.15. The molecule has 0 radical (unpaired) electrons. The fourth-order valence-electron chi connectivity index (χ4n) is 7.66. The van der Waals surface area contributed by atoms with Crippen LogP contribution in [0.4, 0.5) is 0 Å². The molecule has 0 aromatic rings. The molecule has 0 spiro atoms. The van der Waals surface area contributed by atoms with Crippen molar-refractivity contribution in [2.75, 3.05) is 13.2 Å². The van der Waals surface area contributed by atoms with E-state index in [1.165, 1.54) is 96.3 Å². The maximum atomic E-state index is 12.8. The molecule has 0 bridgehead atoms. The third-order valence-electron chi connectivity index (χ3n) is 11.8. The second-order valence-electron chi connectivity index (χ2n) is 18.4. The van der Waals surface area contributed by atoms with E-state index < -0.39 is 6.10 Å².